The van der Waals surface area contributed by atoms with Crippen LogP contribution in [0, 0.1) is 0 Å². The van der Waals surface area contributed by atoms with E-state index in [1.165, 1.54) is 17.4 Å². The Labute approximate surface area is 121 Å². The maximum atomic E-state index is 11.4. The van der Waals surface area contributed by atoms with Crippen LogP contribution in [0.5, 0.6) is 0 Å². The van der Waals surface area contributed by atoms with Gasteiger partial charge < -0.3 is 10.2 Å². The van der Waals surface area contributed by atoms with Crippen molar-refractivity contribution in [1.82, 2.24) is 4.98 Å². The smallest absolute Gasteiger partial charge is 0.251 e. The van der Waals surface area contributed by atoms with Crippen LogP contribution in [-0.2, 0) is 0 Å². The molecule has 0 fully saturated rings. The summed E-state index contributed by atoms with van der Waals surface area (Å²) in [7, 11) is 0. The van der Waals surface area contributed by atoms with Crippen LogP contribution in [0.3, 0.4) is 0 Å². The van der Waals surface area contributed by atoms with Gasteiger partial charge in [0.2, 0.25) is 5.89 Å². The molecule has 7 heteroatoms. The molecular formula is C12H6Cl2N2O2S. The third-order valence-corrected chi connectivity index (χ3v) is 4.08. The zero-order valence-electron chi connectivity index (χ0n) is 9.31. The van der Waals surface area contributed by atoms with Crippen LogP contribution in [0.15, 0.2) is 28.0 Å². The van der Waals surface area contributed by atoms with Crippen LogP contribution in [0.25, 0.3) is 21.9 Å². The van der Waals surface area contributed by atoms with Crippen LogP contribution in [0.1, 0.15) is 10.4 Å². The molecule has 0 unspecified atom stereocenters. The zero-order chi connectivity index (χ0) is 13.6. The number of carbonyl (C=O) groups is 1. The number of primary amides is 1. The van der Waals surface area contributed by atoms with Crippen LogP contribution in [-0.4, -0.2) is 10.9 Å². The highest BCUT2D eigenvalue weighted by molar-refractivity contribution is 7.14. The molecular weight excluding hydrogens is 307 g/mol. The van der Waals surface area contributed by atoms with Crippen molar-refractivity contribution in [1.29, 1.82) is 0 Å². The van der Waals surface area contributed by atoms with Crippen molar-refractivity contribution in [3.8, 4) is 10.8 Å². The fourth-order valence-corrected chi connectivity index (χ4v) is 3.00. The Kier molecular flexibility index (Phi) is 2.97. The van der Waals surface area contributed by atoms with E-state index in [9.17, 15) is 4.79 Å². The Morgan fingerprint density at radius 1 is 1.37 bits per heavy atom. The van der Waals surface area contributed by atoms with Gasteiger partial charge in [0, 0.05) is 11.1 Å². The van der Waals surface area contributed by atoms with Gasteiger partial charge in [-0.25, -0.2) is 4.98 Å². The van der Waals surface area contributed by atoms with E-state index in [1.807, 2.05) is 5.38 Å². The van der Waals surface area contributed by atoms with Crippen LogP contribution in [0.2, 0.25) is 10.0 Å². The molecule has 0 saturated heterocycles. The lowest BCUT2D eigenvalue weighted by molar-refractivity contribution is 0.100. The highest BCUT2D eigenvalue weighted by Gasteiger charge is 2.18. The summed E-state index contributed by atoms with van der Waals surface area (Å²) in [4.78, 5) is 16.4. The maximum Gasteiger partial charge on any atom is 0.251 e. The molecule has 0 radical (unpaired) electrons. The van der Waals surface area contributed by atoms with Gasteiger partial charge in [0.25, 0.3) is 5.91 Å². The third-order valence-electron chi connectivity index (χ3n) is 2.54. The molecule has 3 rings (SSSR count). The van der Waals surface area contributed by atoms with Crippen molar-refractivity contribution >= 4 is 51.5 Å². The number of nitrogens with zero attached hydrogens (tertiary/aromatic N) is 1. The number of hydrogen-bond donors (Lipinski definition) is 1. The molecule has 96 valence electrons. The number of carbonyl (C=O) groups excluding carboxylic acids is 1. The van der Waals surface area contributed by atoms with Crippen LogP contribution in [0.4, 0.5) is 0 Å². The minimum atomic E-state index is -0.607. The number of thiophene rings is 1. The van der Waals surface area contributed by atoms with Gasteiger partial charge in [-0.2, -0.15) is 0 Å². The second-order valence-corrected chi connectivity index (χ2v) is 5.54. The molecule has 2 aromatic heterocycles. The van der Waals surface area contributed by atoms with Crippen molar-refractivity contribution in [3.05, 3.63) is 39.2 Å². The average molecular weight is 313 g/mol. The summed E-state index contributed by atoms with van der Waals surface area (Å²) in [5, 5.41) is 2.73. The Hall–Kier alpha value is -1.56. The van der Waals surface area contributed by atoms with E-state index in [0.29, 0.717) is 31.9 Å². The maximum absolute atomic E-state index is 11.4. The molecule has 0 atom stereocenters. The minimum absolute atomic E-state index is 0.227. The normalized spacial score (nSPS) is 11.1. The number of benzene rings is 1. The van der Waals surface area contributed by atoms with Gasteiger partial charge in [-0.3, -0.25) is 4.79 Å². The number of amides is 1. The van der Waals surface area contributed by atoms with E-state index < -0.39 is 5.91 Å². The first kappa shape index (κ1) is 12.5. The largest absolute Gasteiger partial charge is 0.435 e. The molecule has 0 aliphatic carbocycles. The molecule has 1 amide bonds. The SMILES string of the molecule is NC(=O)c1cc(Cl)cc2oc(-c3sccc3Cl)nc12. The number of halogens is 2. The minimum Gasteiger partial charge on any atom is -0.435 e. The molecule has 1 aromatic carbocycles. The van der Waals surface area contributed by atoms with Gasteiger partial charge in [-0.05, 0) is 17.5 Å². The van der Waals surface area contributed by atoms with Gasteiger partial charge in [0.15, 0.2) is 5.58 Å². The monoisotopic (exact) mass is 312 g/mol. The van der Waals surface area contributed by atoms with E-state index in [2.05, 4.69) is 4.98 Å². The second kappa shape index (κ2) is 4.52. The predicted octanol–water partition coefficient (Wildman–Crippen LogP) is 3.96. The van der Waals surface area contributed by atoms with E-state index in [1.54, 1.807) is 12.1 Å². The quantitative estimate of drug-likeness (QED) is 0.778. The Bertz CT molecular complexity index is 794. The van der Waals surface area contributed by atoms with Crippen molar-refractivity contribution in [2.45, 2.75) is 0 Å². The Morgan fingerprint density at radius 2 is 2.16 bits per heavy atom. The topological polar surface area (TPSA) is 69.1 Å². The number of aromatic nitrogens is 1. The summed E-state index contributed by atoms with van der Waals surface area (Å²) < 4.78 is 5.59. The first-order chi connectivity index (χ1) is 9.06. The predicted molar refractivity (Wildman–Crippen MR) is 75.9 cm³/mol. The molecule has 4 nitrogen and oxygen atoms in total. The first-order valence-corrected chi connectivity index (χ1v) is 6.83. The zero-order valence-corrected chi connectivity index (χ0v) is 11.6. The van der Waals surface area contributed by atoms with Gasteiger partial charge in [-0.1, -0.05) is 23.2 Å². The second-order valence-electron chi connectivity index (χ2n) is 3.78. The molecule has 19 heavy (non-hydrogen) atoms. The summed E-state index contributed by atoms with van der Waals surface area (Å²) in [6.45, 7) is 0. The van der Waals surface area contributed by atoms with Crippen molar-refractivity contribution in [2.75, 3.05) is 0 Å². The first-order valence-electron chi connectivity index (χ1n) is 5.19. The number of oxazole rings is 1. The molecule has 3 aromatic rings. The van der Waals surface area contributed by atoms with E-state index in [0.717, 1.165) is 0 Å². The van der Waals surface area contributed by atoms with Gasteiger partial charge in [0.1, 0.15) is 10.4 Å². The number of fused-ring (bicyclic) bond motifs is 1. The van der Waals surface area contributed by atoms with Gasteiger partial charge in [0.05, 0.1) is 10.6 Å². The fraction of sp³-hybridized carbons (Fsp3) is 0. The molecule has 0 saturated carbocycles. The molecule has 0 aliphatic rings. The summed E-state index contributed by atoms with van der Waals surface area (Å²) in [5.74, 6) is -0.260. The molecule has 2 heterocycles. The summed E-state index contributed by atoms with van der Waals surface area (Å²) >= 11 is 13.3. The Morgan fingerprint density at radius 3 is 2.79 bits per heavy atom. The lowest BCUT2D eigenvalue weighted by Crippen LogP contribution is -2.11. The van der Waals surface area contributed by atoms with Crippen molar-refractivity contribution in [2.24, 2.45) is 5.73 Å². The lowest BCUT2D eigenvalue weighted by atomic mass is 10.2. The van der Waals surface area contributed by atoms with Gasteiger partial charge in [-0.15, -0.1) is 11.3 Å². The van der Waals surface area contributed by atoms with Crippen LogP contribution >= 0.6 is 34.5 Å². The van der Waals surface area contributed by atoms with E-state index >= 15 is 0 Å². The summed E-state index contributed by atoms with van der Waals surface area (Å²) in [5.41, 5.74) is 6.32. The lowest BCUT2D eigenvalue weighted by Gasteiger charge is -1.96. The van der Waals surface area contributed by atoms with E-state index in [4.69, 9.17) is 33.4 Å². The van der Waals surface area contributed by atoms with Gasteiger partial charge >= 0.3 is 0 Å². The molecule has 0 bridgehead atoms. The average Bonchev–Trinajstić information content (AvgIpc) is 2.93. The highest BCUT2D eigenvalue weighted by atomic mass is 35.5. The van der Waals surface area contributed by atoms with Crippen LogP contribution < -0.4 is 5.73 Å². The molecule has 0 aliphatic heterocycles. The fourth-order valence-electron chi connectivity index (χ4n) is 1.73. The number of hydrogen-bond acceptors (Lipinski definition) is 4. The summed E-state index contributed by atoms with van der Waals surface area (Å²) in [6, 6.07) is 4.80. The highest BCUT2D eigenvalue weighted by Crippen LogP contribution is 2.35. The summed E-state index contributed by atoms with van der Waals surface area (Å²) in [6.07, 6.45) is 0. The third kappa shape index (κ3) is 2.10. The standard InChI is InChI=1S/C12H6Cl2N2O2S/c13-5-3-6(11(15)17)9-8(4-5)18-12(16-9)10-7(14)1-2-19-10/h1-4H,(H2,15,17). The number of rotatable bonds is 2. The van der Waals surface area contributed by atoms with Crippen molar-refractivity contribution in [3.63, 3.8) is 0 Å². The number of nitrogens with two attached hydrogens (primary N) is 1. The molecule has 2 N–H and O–H groups in total. The van der Waals surface area contributed by atoms with E-state index in [-0.39, 0.29) is 5.56 Å². The van der Waals surface area contributed by atoms with Crippen molar-refractivity contribution < 1.29 is 9.21 Å². The Balaban J connectivity index is 2.29. The molecule has 0 spiro atoms.